The van der Waals surface area contributed by atoms with Gasteiger partial charge in [-0.3, -0.25) is 9.78 Å². The summed E-state index contributed by atoms with van der Waals surface area (Å²) in [6.45, 7) is 2.85. The minimum Gasteiger partial charge on any atom is -0.512 e. The smallest absolute Gasteiger partial charge is 0.155 e. The van der Waals surface area contributed by atoms with Crippen LogP contribution in [0.1, 0.15) is 16.6 Å². The molecule has 1 aliphatic rings. The Morgan fingerprint density at radius 3 is 2.72 bits per heavy atom. The van der Waals surface area contributed by atoms with E-state index in [9.17, 15) is 4.79 Å². The van der Waals surface area contributed by atoms with Crippen LogP contribution in [0.3, 0.4) is 0 Å². The number of para-hydroxylation sites is 1. The molecule has 0 unspecified atom stereocenters. The fourth-order valence-electron chi connectivity index (χ4n) is 3.01. The molecule has 5 rings (SSSR count). The minimum absolute atomic E-state index is 0. The van der Waals surface area contributed by atoms with Gasteiger partial charge in [0.05, 0.1) is 8.50 Å². The van der Waals surface area contributed by atoms with Gasteiger partial charge in [0.2, 0.25) is 0 Å². The molecule has 1 radical (unpaired) electrons. The number of fused-ring (bicyclic) bond motifs is 3. The molecular formula is C23H17IrN2O2S-. The zero-order valence-electron chi connectivity index (χ0n) is 17.6. The number of nitrogens with zero attached hydrogens (tertiary/aromatic N) is 2. The maximum absolute atomic E-state index is 10.0. The van der Waals surface area contributed by atoms with Gasteiger partial charge in [0, 0.05) is 48.0 Å². The van der Waals surface area contributed by atoms with Crippen molar-refractivity contribution >= 4 is 39.2 Å². The minimum atomic E-state index is -0.125. The molecule has 2 aromatic carbocycles. The predicted octanol–water partition coefficient (Wildman–Crippen LogP) is 5.75. The standard InChI is InChI=1S/C18H9N2S.C5H8O2.Ir/c1-2-6-14-12(4-1)10-13-17-16-11(8-9-19-17)5-3-7-15(16)21-18(13)20-14;1-4(6)3-5(2)7;/h1-9H;3,6H,1-2H3;/q-1;;/b;4-3-;/i8D,9D;;. The Hall–Kier alpha value is -2.53. The Morgan fingerprint density at radius 2 is 2.00 bits per heavy atom. The predicted molar refractivity (Wildman–Crippen MR) is 113 cm³/mol. The van der Waals surface area contributed by atoms with Crippen LogP contribution in [0.15, 0.2) is 76.4 Å². The van der Waals surface area contributed by atoms with Crippen LogP contribution in [-0.4, -0.2) is 20.9 Å². The van der Waals surface area contributed by atoms with Crippen molar-refractivity contribution in [3.8, 4) is 11.3 Å². The number of ketones is 1. The molecule has 0 amide bonds. The molecule has 0 saturated heterocycles. The Kier molecular flexibility index (Phi) is 5.66. The molecule has 4 aromatic rings. The van der Waals surface area contributed by atoms with Gasteiger partial charge in [0.15, 0.2) is 5.78 Å². The SMILES string of the molecule is CC(=O)/C=C(/C)O.[2H]c1nc2c3c(cccc3c1[2H])Sc1nc3ccccc3[c-]c1-2.[Ir]. The summed E-state index contributed by atoms with van der Waals surface area (Å²) in [5.41, 5.74) is 2.44. The number of aromatic nitrogens is 2. The van der Waals surface area contributed by atoms with Crippen LogP contribution in [0.5, 0.6) is 0 Å². The number of hydrogen-bond donors (Lipinski definition) is 1. The van der Waals surface area contributed by atoms with Crippen LogP contribution in [-0.2, 0) is 24.9 Å². The molecule has 1 N–H and O–H groups in total. The second kappa shape index (κ2) is 8.87. The van der Waals surface area contributed by atoms with E-state index in [1.807, 2.05) is 42.5 Å². The number of pyridine rings is 2. The summed E-state index contributed by atoms with van der Waals surface area (Å²) in [7, 11) is 0. The van der Waals surface area contributed by atoms with Crippen LogP contribution in [0.2, 0.25) is 0 Å². The van der Waals surface area contributed by atoms with E-state index < -0.39 is 0 Å². The van der Waals surface area contributed by atoms with Gasteiger partial charge in [-0.2, -0.15) is 0 Å². The molecule has 0 atom stereocenters. The summed E-state index contributed by atoms with van der Waals surface area (Å²) < 4.78 is 16.1. The van der Waals surface area contributed by atoms with Crippen LogP contribution in [0.4, 0.5) is 0 Å². The third-order valence-electron chi connectivity index (χ3n) is 4.08. The summed E-state index contributed by atoms with van der Waals surface area (Å²) >= 11 is 1.58. The fourth-order valence-corrected chi connectivity index (χ4v) is 4.07. The first-order valence-corrected chi connectivity index (χ1v) is 9.45. The Labute approximate surface area is 189 Å². The van der Waals surface area contributed by atoms with Crippen LogP contribution in [0.25, 0.3) is 32.9 Å². The second-order valence-electron chi connectivity index (χ2n) is 6.31. The molecule has 0 spiro atoms. The Bertz CT molecular complexity index is 1350. The monoisotopic (exact) mass is 580 g/mol. The molecular weight excluding hydrogens is 561 g/mol. The average molecular weight is 580 g/mol. The summed E-state index contributed by atoms with van der Waals surface area (Å²) in [6, 6.07) is 17.3. The van der Waals surface area contributed by atoms with Gasteiger partial charge in [-0.05, 0) is 42.2 Å². The zero-order chi connectivity index (χ0) is 21.4. The van der Waals surface area contributed by atoms with Crippen LogP contribution < -0.4 is 0 Å². The first kappa shape index (κ1) is 18.5. The van der Waals surface area contributed by atoms with E-state index in [0.29, 0.717) is 5.69 Å². The van der Waals surface area contributed by atoms with Gasteiger partial charge in [-0.25, -0.2) is 0 Å². The molecule has 0 saturated carbocycles. The topological polar surface area (TPSA) is 63.1 Å². The van der Waals surface area contributed by atoms with E-state index in [-0.39, 0.29) is 43.9 Å². The molecule has 4 nitrogen and oxygen atoms in total. The van der Waals surface area contributed by atoms with Gasteiger partial charge in [0.1, 0.15) is 0 Å². The van der Waals surface area contributed by atoms with Crippen molar-refractivity contribution in [2.75, 3.05) is 0 Å². The number of hydrogen-bond acceptors (Lipinski definition) is 5. The summed E-state index contributed by atoms with van der Waals surface area (Å²) in [4.78, 5) is 20.2. The summed E-state index contributed by atoms with van der Waals surface area (Å²) in [6.07, 6.45) is 1.16. The number of aliphatic hydroxyl groups excluding tert-OH is 1. The Morgan fingerprint density at radius 1 is 1.21 bits per heavy atom. The molecule has 0 bridgehead atoms. The van der Waals surface area contributed by atoms with Crippen LogP contribution in [0, 0.1) is 6.07 Å². The molecule has 6 heteroatoms. The molecule has 1 aliphatic heterocycles. The van der Waals surface area contributed by atoms with Crippen molar-refractivity contribution in [3.05, 3.63) is 72.6 Å². The zero-order valence-corrected chi connectivity index (χ0v) is 18.8. The number of benzene rings is 2. The number of rotatable bonds is 1. The Balaban J connectivity index is 0.000000299. The van der Waals surface area contributed by atoms with Crippen molar-refractivity contribution in [2.24, 2.45) is 0 Å². The third kappa shape index (κ3) is 4.40. The first-order valence-electron chi connectivity index (χ1n) is 9.63. The maximum Gasteiger partial charge on any atom is 0.155 e. The van der Waals surface area contributed by atoms with E-state index in [1.165, 1.54) is 19.9 Å². The van der Waals surface area contributed by atoms with E-state index in [2.05, 4.69) is 11.1 Å². The maximum atomic E-state index is 10.0. The van der Waals surface area contributed by atoms with Gasteiger partial charge >= 0.3 is 0 Å². The van der Waals surface area contributed by atoms with Crippen molar-refractivity contribution in [1.82, 2.24) is 9.97 Å². The van der Waals surface area contributed by atoms with Gasteiger partial charge in [-0.1, -0.05) is 41.3 Å². The molecule has 147 valence electrons. The largest absolute Gasteiger partial charge is 0.512 e. The normalized spacial score (nSPS) is 12.8. The number of allylic oxidation sites excluding steroid dienone is 2. The second-order valence-corrected chi connectivity index (χ2v) is 7.34. The van der Waals surface area contributed by atoms with E-state index in [4.69, 9.17) is 12.8 Å². The van der Waals surface area contributed by atoms with Crippen molar-refractivity contribution in [1.29, 1.82) is 0 Å². The molecule has 29 heavy (non-hydrogen) atoms. The van der Waals surface area contributed by atoms with Gasteiger partial charge in [0.25, 0.3) is 0 Å². The van der Waals surface area contributed by atoms with E-state index in [0.717, 1.165) is 37.2 Å². The molecule has 0 fully saturated rings. The number of aliphatic hydroxyl groups is 1. The first-order chi connectivity index (χ1) is 14.3. The summed E-state index contributed by atoms with van der Waals surface area (Å²) in [5, 5.41) is 11.8. The van der Waals surface area contributed by atoms with E-state index in [1.54, 1.807) is 11.8 Å². The summed E-state index contributed by atoms with van der Waals surface area (Å²) in [5.74, 6) is -0.0625. The molecule has 3 heterocycles. The fraction of sp³-hybridized carbons (Fsp3) is 0.0870. The molecule has 0 aliphatic carbocycles. The quantitative estimate of drug-likeness (QED) is 0.156. The van der Waals surface area contributed by atoms with Crippen molar-refractivity contribution in [2.45, 2.75) is 23.8 Å². The van der Waals surface area contributed by atoms with Gasteiger partial charge in [-0.15, -0.1) is 23.9 Å². The van der Waals surface area contributed by atoms with Crippen LogP contribution >= 0.6 is 11.8 Å². The van der Waals surface area contributed by atoms with Crippen molar-refractivity contribution < 1.29 is 32.7 Å². The number of carbonyl (C=O) groups excluding carboxylic acids is 1. The average Bonchev–Trinajstić information content (AvgIpc) is 2.70. The van der Waals surface area contributed by atoms with Gasteiger partial charge < -0.3 is 10.1 Å². The van der Waals surface area contributed by atoms with E-state index >= 15 is 0 Å². The number of carbonyl (C=O) groups is 1. The third-order valence-corrected chi connectivity index (χ3v) is 5.13. The molecule has 2 aromatic heterocycles. The van der Waals surface area contributed by atoms with Crippen molar-refractivity contribution in [3.63, 3.8) is 0 Å².